The van der Waals surface area contributed by atoms with E-state index < -0.39 is 11.9 Å². The number of halogens is 1. The topological polar surface area (TPSA) is 101 Å². The number of carbonyl (C=O) groups is 1. The zero-order chi connectivity index (χ0) is 15.7. The van der Waals surface area contributed by atoms with Crippen molar-refractivity contribution in [2.75, 3.05) is 0 Å². The molecule has 4 N–H and O–H groups in total. The van der Waals surface area contributed by atoms with Crippen molar-refractivity contribution in [1.82, 2.24) is 9.88 Å². The second kappa shape index (κ2) is 6.62. The van der Waals surface area contributed by atoms with Gasteiger partial charge in [-0.15, -0.1) is 12.4 Å². The molecule has 1 heterocycles. The van der Waals surface area contributed by atoms with Crippen LogP contribution in [0.15, 0.2) is 29.2 Å². The highest BCUT2D eigenvalue weighted by molar-refractivity contribution is 6.11. The van der Waals surface area contributed by atoms with Crippen molar-refractivity contribution >= 4 is 35.0 Å². The number of guanidine groups is 1. The maximum absolute atomic E-state index is 12.4. The van der Waals surface area contributed by atoms with Crippen LogP contribution in [0.2, 0.25) is 0 Å². The second-order valence-electron chi connectivity index (χ2n) is 5.27. The molecular formula is C15H19ClN4O2. The molecule has 1 amide bonds. The lowest BCUT2D eigenvalue weighted by molar-refractivity contribution is 0.0977. The van der Waals surface area contributed by atoms with Crippen molar-refractivity contribution in [3.63, 3.8) is 0 Å². The van der Waals surface area contributed by atoms with Gasteiger partial charge in [-0.3, -0.25) is 20.3 Å². The summed E-state index contributed by atoms with van der Waals surface area (Å²) in [5.41, 5.74) is 6.35. The molecule has 2 rings (SSSR count). The Bertz CT molecular complexity index is 796. The third kappa shape index (κ3) is 3.28. The van der Waals surface area contributed by atoms with Gasteiger partial charge in [0.2, 0.25) is 0 Å². The fourth-order valence-electron chi connectivity index (χ4n) is 2.23. The van der Waals surface area contributed by atoms with Crippen LogP contribution in [-0.4, -0.2) is 16.4 Å². The summed E-state index contributed by atoms with van der Waals surface area (Å²) in [5.74, 6) is -0.921. The van der Waals surface area contributed by atoms with Crippen LogP contribution < -0.4 is 16.6 Å². The Hall–Kier alpha value is -2.34. The molecule has 0 spiro atoms. The van der Waals surface area contributed by atoms with E-state index in [4.69, 9.17) is 11.1 Å². The number of amides is 1. The van der Waals surface area contributed by atoms with Crippen molar-refractivity contribution in [3.05, 3.63) is 45.9 Å². The van der Waals surface area contributed by atoms with Gasteiger partial charge in [0.1, 0.15) is 0 Å². The zero-order valence-electron chi connectivity index (χ0n) is 12.6. The van der Waals surface area contributed by atoms with Crippen LogP contribution in [-0.2, 0) is 0 Å². The third-order valence-electron chi connectivity index (χ3n) is 3.25. The third-order valence-corrected chi connectivity index (χ3v) is 3.25. The monoisotopic (exact) mass is 322 g/mol. The van der Waals surface area contributed by atoms with Crippen LogP contribution in [0.4, 0.5) is 0 Å². The first-order chi connectivity index (χ1) is 9.81. The van der Waals surface area contributed by atoms with Gasteiger partial charge in [-0.2, -0.15) is 0 Å². The maximum atomic E-state index is 12.4. The first-order valence-electron chi connectivity index (χ1n) is 6.62. The van der Waals surface area contributed by atoms with Crippen LogP contribution >= 0.6 is 12.4 Å². The van der Waals surface area contributed by atoms with E-state index in [1.807, 2.05) is 26.8 Å². The highest BCUT2D eigenvalue weighted by Gasteiger charge is 2.16. The summed E-state index contributed by atoms with van der Waals surface area (Å²) < 4.78 is 1.51. The van der Waals surface area contributed by atoms with E-state index in [0.29, 0.717) is 16.3 Å². The lowest BCUT2D eigenvalue weighted by Crippen LogP contribution is -2.36. The number of rotatable bonds is 2. The highest BCUT2D eigenvalue weighted by atomic mass is 35.5. The molecule has 1 aromatic carbocycles. The fourth-order valence-corrected chi connectivity index (χ4v) is 2.23. The van der Waals surface area contributed by atoms with Gasteiger partial charge in [-0.25, -0.2) is 0 Å². The molecule has 0 fully saturated rings. The molecule has 6 nitrogen and oxygen atoms in total. The smallest absolute Gasteiger partial charge is 0.260 e. The minimum atomic E-state index is -0.493. The number of benzene rings is 1. The highest BCUT2D eigenvalue weighted by Crippen LogP contribution is 2.19. The number of nitrogens with one attached hydrogen (secondary N) is 2. The number of hydrogen-bond acceptors (Lipinski definition) is 3. The molecule has 0 saturated carbocycles. The lowest BCUT2D eigenvalue weighted by atomic mass is 10.0. The average Bonchev–Trinajstić information content (AvgIpc) is 2.37. The summed E-state index contributed by atoms with van der Waals surface area (Å²) in [5, 5.41) is 10.5. The van der Waals surface area contributed by atoms with E-state index in [1.54, 1.807) is 12.1 Å². The molecule has 2 aromatic rings. The Kier molecular flexibility index (Phi) is 5.33. The molecule has 0 bridgehead atoms. The molecular weight excluding hydrogens is 304 g/mol. The Morgan fingerprint density at radius 1 is 1.32 bits per heavy atom. The van der Waals surface area contributed by atoms with Crippen LogP contribution in [0.3, 0.4) is 0 Å². The van der Waals surface area contributed by atoms with Crippen molar-refractivity contribution in [2.24, 2.45) is 5.73 Å². The number of aryl methyl sites for hydroxylation is 1. The molecule has 0 aliphatic carbocycles. The van der Waals surface area contributed by atoms with Gasteiger partial charge in [0.05, 0.1) is 5.56 Å². The normalized spacial score (nSPS) is 10.4. The van der Waals surface area contributed by atoms with E-state index >= 15 is 0 Å². The summed E-state index contributed by atoms with van der Waals surface area (Å²) >= 11 is 0. The Morgan fingerprint density at radius 2 is 1.95 bits per heavy atom. The molecule has 1 aromatic heterocycles. The van der Waals surface area contributed by atoms with Gasteiger partial charge in [-0.1, -0.05) is 17.7 Å². The van der Waals surface area contributed by atoms with Gasteiger partial charge in [0, 0.05) is 23.0 Å². The van der Waals surface area contributed by atoms with E-state index in [1.165, 1.54) is 10.8 Å². The lowest BCUT2D eigenvalue weighted by Gasteiger charge is -2.15. The fraction of sp³-hybridized carbons (Fsp3) is 0.267. The number of nitrogens with zero attached hydrogens (tertiary/aromatic N) is 1. The largest absolute Gasteiger partial charge is 0.370 e. The molecule has 0 aliphatic heterocycles. The van der Waals surface area contributed by atoms with Crippen molar-refractivity contribution in [1.29, 1.82) is 5.41 Å². The Balaban J connectivity index is 0.00000242. The molecule has 0 unspecified atom stereocenters. The zero-order valence-corrected chi connectivity index (χ0v) is 13.5. The number of pyridine rings is 1. The Labute approximate surface area is 134 Å². The molecule has 0 saturated heterocycles. The summed E-state index contributed by atoms with van der Waals surface area (Å²) in [6.07, 6.45) is 1.52. The molecule has 0 radical (unpaired) electrons. The van der Waals surface area contributed by atoms with Gasteiger partial charge in [0.25, 0.3) is 11.5 Å². The van der Waals surface area contributed by atoms with Crippen LogP contribution in [0.25, 0.3) is 10.8 Å². The number of nitrogens with two attached hydrogens (primary N) is 1. The van der Waals surface area contributed by atoms with Crippen molar-refractivity contribution < 1.29 is 4.79 Å². The summed E-state index contributed by atoms with van der Waals surface area (Å²) in [6.45, 7) is 5.63. The number of fused-ring (bicyclic) bond motifs is 1. The van der Waals surface area contributed by atoms with Crippen molar-refractivity contribution in [3.8, 4) is 0 Å². The van der Waals surface area contributed by atoms with Crippen LogP contribution in [0, 0.1) is 12.3 Å². The number of aromatic nitrogens is 1. The van der Waals surface area contributed by atoms with E-state index in [0.717, 1.165) is 5.56 Å². The minimum absolute atomic E-state index is 0. The van der Waals surface area contributed by atoms with E-state index in [-0.39, 0.29) is 24.0 Å². The van der Waals surface area contributed by atoms with Gasteiger partial charge in [0.15, 0.2) is 5.96 Å². The quantitative estimate of drug-likeness (QED) is 0.581. The number of hydrogen-bond donors (Lipinski definition) is 3. The molecule has 118 valence electrons. The summed E-state index contributed by atoms with van der Waals surface area (Å²) in [4.78, 5) is 24.7. The summed E-state index contributed by atoms with van der Waals surface area (Å²) in [6, 6.07) is 5.26. The predicted octanol–water partition coefficient (Wildman–Crippen LogP) is 1.94. The molecule has 7 heteroatoms. The van der Waals surface area contributed by atoms with Crippen LogP contribution in [0.5, 0.6) is 0 Å². The van der Waals surface area contributed by atoms with Crippen molar-refractivity contribution in [2.45, 2.75) is 26.8 Å². The minimum Gasteiger partial charge on any atom is -0.370 e. The Morgan fingerprint density at radius 3 is 2.50 bits per heavy atom. The van der Waals surface area contributed by atoms with Crippen LogP contribution in [0.1, 0.15) is 35.8 Å². The molecule has 22 heavy (non-hydrogen) atoms. The van der Waals surface area contributed by atoms with E-state index in [9.17, 15) is 9.59 Å². The SMILES string of the molecule is Cc1ccc2c(=O)n(C(C)C)cc(C(=O)NC(=N)N)c2c1.Cl. The maximum Gasteiger partial charge on any atom is 0.260 e. The molecule has 0 aliphatic rings. The number of carbonyl (C=O) groups excluding carboxylic acids is 1. The first kappa shape index (κ1) is 17.7. The van der Waals surface area contributed by atoms with Gasteiger partial charge >= 0.3 is 0 Å². The first-order valence-corrected chi connectivity index (χ1v) is 6.62. The molecule has 0 atom stereocenters. The van der Waals surface area contributed by atoms with Gasteiger partial charge < -0.3 is 10.3 Å². The predicted molar refractivity (Wildman–Crippen MR) is 90.0 cm³/mol. The second-order valence-corrected chi connectivity index (χ2v) is 5.27. The summed E-state index contributed by atoms with van der Waals surface area (Å²) in [7, 11) is 0. The van der Waals surface area contributed by atoms with E-state index in [2.05, 4.69) is 5.32 Å². The van der Waals surface area contributed by atoms with Gasteiger partial charge in [-0.05, 0) is 26.8 Å². The average molecular weight is 323 g/mol. The standard InChI is InChI=1S/C15H18N4O2.ClH/c1-8(2)19-7-12(13(20)18-15(16)17)11-6-9(3)4-5-10(11)14(19)21;/h4-8H,1-3H3,(H4,16,17,18,20);1H.